The average Bonchev–Trinajstić information content (AvgIpc) is 3.21. The Morgan fingerprint density at radius 1 is 0.935 bits per heavy atom. The van der Waals surface area contributed by atoms with E-state index in [1.54, 1.807) is 12.1 Å². The summed E-state index contributed by atoms with van der Waals surface area (Å²) in [5, 5.41) is 1.87. The van der Waals surface area contributed by atoms with Gasteiger partial charge in [0.25, 0.3) is 0 Å². The molecule has 0 unspecified atom stereocenters. The van der Waals surface area contributed by atoms with Crippen molar-refractivity contribution in [1.82, 2.24) is 9.38 Å². The van der Waals surface area contributed by atoms with Crippen LogP contribution in [0.5, 0.6) is 0 Å². The Hall–Kier alpha value is -3.83. The van der Waals surface area contributed by atoms with Crippen LogP contribution in [0.4, 0.5) is 5.82 Å². The average molecular weight is 428 g/mol. The summed E-state index contributed by atoms with van der Waals surface area (Å²) in [5.74, 6) is -0.272. The molecular weight excluding hydrogens is 410 g/mol. The second kappa shape index (κ2) is 7.45. The summed E-state index contributed by atoms with van der Waals surface area (Å²) < 4.78 is 6.89. The number of nitrogens with zero attached hydrogens (tertiary/aromatic N) is 2. The Kier molecular flexibility index (Phi) is 4.60. The standard InChI is InChI=1S/C25H18ClN3O2/c1-31-25(30)20-19-14-17(26)12-13-18(19)24-28-21(15-8-4-2-5-9-15)22(29(24)23(20)27)16-10-6-3-7-11-16/h2-14H,27H2,1H3. The minimum absolute atomic E-state index is 0.255. The highest BCUT2D eigenvalue weighted by atomic mass is 35.5. The number of hydrogen-bond acceptors (Lipinski definition) is 4. The van der Waals surface area contributed by atoms with Crippen LogP contribution in [0.1, 0.15) is 10.4 Å². The Labute approximate surface area is 183 Å². The van der Waals surface area contributed by atoms with Gasteiger partial charge in [-0.1, -0.05) is 72.3 Å². The number of pyridine rings is 1. The van der Waals surface area contributed by atoms with Crippen LogP contribution in [0.2, 0.25) is 5.02 Å². The molecule has 2 heterocycles. The van der Waals surface area contributed by atoms with Gasteiger partial charge in [0.05, 0.1) is 18.5 Å². The monoisotopic (exact) mass is 427 g/mol. The van der Waals surface area contributed by atoms with E-state index < -0.39 is 5.97 Å². The molecule has 5 nitrogen and oxygen atoms in total. The number of methoxy groups -OCH3 is 1. The van der Waals surface area contributed by atoms with Gasteiger partial charge in [-0.2, -0.15) is 0 Å². The second-order valence-electron chi connectivity index (χ2n) is 7.14. The zero-order chi connectivity index (χ0) is 21.5. The molecule has 0 atom stereocenters. The van der Waals surface area contributed by atoms with Gasteiger partial charge in [-0.15, -0.1) is 0 Å². The van der Waals surface area contributed by atoms with Crippen LogP contribution in [-0.4, -0.2) is 22.5 Å². The van der Waals surface area contributed by atoms with E-state index in [-0.39, 0.29) is 11.4 Å². The van der Waals surface area contributed by atoms with E-state index in [4.69, 9.17) is 27.1 Å². The molecule has 0 aliphatic heterocycles. The van der Waals surface area contributed by atoms with Gasteiger partial charge in [-0.3, -0.25) is 4.40 Å². The molecule has 31 heavy (non-hydrogen) atoms. The van der Waals surface area contributed by atoms with Gasteiger partial charge in [-0.05, 0) is 18.2 Å². The second-order valence-corrected chi connectivity index (χ2v) is 7.58. The van der Waals surface area contributed by atoms with Crippen molar-refractivity contribution in [2.45, 2.75) is 0 Å². The molecule has 2 N–H and O–H groups in total. The first-order valence-electron chi connectivity index (χ1n) is 9.72. The first-order chi connectivity index (χ1) is 15.1. The molecule has 0 fully saturated rings. The number of halogens is 1. The van der Waals surface area contributed by atoms with Crippen LogP contribution in [0.25, 0.3) is 38.9 Å². The summed E-state index contributed by atoms with van der Waals surface area (Å²) in [6.45, 7) is 0. The molecule has 2 aromatic heterocycles. The van der Waals surface area contributed by atoms with E-state index in [0.717, 1.165) is 27.9 Å². The predicted molar refractivity (Wildman–Crippen MR) is 124 cm³/mol. The highest BCUT2D eigenvalue weighted by Crippen LogP contribution is 2.39. The summed E-state index contributed by atoms with van der Waals surface area (Å²) in [5.41, 5.74) is 11.0. The van der Waals surface area contributed by atoms with Crippen molar-refractivity contribution in [3.63, 3.8) is 0 Å². The predicted octanol–water partition coefficient (Wildman–Crippen LogP) is 5.84. The Bertz CT molecular complexity index is 1440. The summed E-state index contributed by atoms with van der Waals surface area (Å²) >= 11 is 6.25. The van der Waals surface area contributed by atoms with E-state index in [1.807, 2.05) is 71.1 Å². The third-order valence-corrected chi connectivity index (χ3v) is 5.59. The summed E-state index contributed by atoms with van der Waals surface area (Å²) in [6, 6.07) is 25.1. The van der Waals surface area contributed by atoms with E-state index in [9.17, 15) is 4.79 Å². The summed E-state index contributed by atoms with van der Waals surface area (Å²) in [4.78, 5) is 17.7. The fourth-order valence-electron chi connectivity index (χ4n) is 3.98. The zero-order valence-electron chi connectivity index (χ0n) is 16.7. The SMILES string of the molecule is COC(=O)c1c(N)n2c(-c3ccccc3)c(-c3ccccc3)nc2c2ccc(Cl)cc12. The van der Waals surface area contributed by atoms with Crippen molar-refractivity contribution in [2.75, 3.05) is 12.8 Å². The lowest BCUT2D eigenvalue weighted by molar-refractivity contribution is 0.0604. The molecule has 0 amide bonds. The van der Waals surface area contributed by atoms with Gasteiger partial charge < -0.3 is 10.5 Å². The van der Waals surface area contributed by atoms with E-state index in [1.165, 1.54) is 7.11 Å². The van der Waals surface area contributed by atoms with Crippen LogP contribution in [0.15, 0.2) is 78.9 Å². The third-order valence-electron chi connectivity index (χ3n) is 5.35. The fraction of sp³-hybridized carbons (Fsp3) is 0.0400. The molecule has 5 aromatic rings. The molecule has 0 spiro atoms. The highest BCUT2D eigenvalue weighted by Gasteiger charge is 2.25. The number of esters is 1. The number of rotatable bonds is 3. The van der Waals surface area contributed by atoms with E-state index in [2.05, 4.69) is 0 Å². The quantitative estimate of drug-likeness (QED) is 0.367. The smallest absolute Gasteiger partial charge is 0.342 e. The lowest BCUT2D eigenvalue weighted by Crippen LogP contribution is -2.11. The van der Waals surface area contributed by atoms with Crippen molar-refractivity contribution in [2.24, 2.45) is 0 Å². The number of ether oxygens (including phenoxy) is 1. The first-order valence-corrected chi connectivity index (χ1v) is 10.1. The first kappa shape index (κ1) is 19.2. The van der Waals surface area contributed by atoms with Crippen LogP contribution < -0.4 is 5.73 Å². The number of hydrogen-bond donors (Lipinski definition) is 1. The largest absolute Gasteiger partial charge is 0.465 e. The van der Waals surface area contributed by atoms with Crippen LogP contribution in [0, 0.1) is 0 Å². The lowest BCUT2D eigenvalue weighted by Gasteiger charge is -2.14. The van der Waals surface area contributed by atoms with E-state index in [0.29, 0.717) is 16.1 Å². The number of carbonyl (C=O) groups excluding carboxylic acids is 1. The minimum atomic E-state index is -0.527. The highest BCUT2D eigenvalue weighted by molar-refractivity contribution is 6.32. The normalized spacial score (nSPS) is 11.2. The minimum Gasteiger partial charge on any atom is -0.465 e. The molecule has 0 bridgehead atoms. The molecule has 6 heteroatoms. The van der Waals surface area contributed by atoms with Crippen LogP contribution >= 0.6 is 11.6 Å². The summed E-state index contributed by atoms with van der Waals surface area (Å²) in [7, 11) is 1.34. The number of nitrogen functional groups attached to an aromatic ring is 1. The molecule has 3 aromatic carbocycles. The number of fused-ring (bicyclic) bond motifs is 3. The Balaban J connectivity index is 2.02. The van der Waals surface area contributed by atoms with Crippen molar-refractivity contribution in [3.8, 4) is 22.5 Å². The molecule has 0 saturated carbocycles. The Morgan fingerprint density at radius 3 is 2.23 bits per heavy atom. The van der Waals surface area contributed by atoms with E-state index >= 15 is 0 Å². The fourth-order valence-corrected chi connectivity index (χ4v) is 4.15. The van der Waals surface area contributed by atoms with Crippen molar-refractivity contribution in [3.05, 3.63) is 89.4 Å². The van der Waals surface area contributed by atoms with Gasteiger partial charge in [0, 0.05) is 26.9 Å². The molecule has 0 saturated heterocycles. The van der Waals surface area contributed by atoms with Gasteiger partial charge in [0.15, 0.2) is 0 Å². The molecule has 0 aliphatic rings. The van der Waals surface area contributed by atoms with Crippen molar-refractivity contribution >= 4 is 39.8 Å². The topological polar surface area (TPSA) is 69.6 Å². The van der Waals surface area contributed by atoms with Gasteiger partial charge in [0.2, 0.25) is 0 Å². The lowest BCUT2D eigenvalue weighted by atomic mass is 10.0. The number of aromatic nitrogens is 2. The molecule has 152 valence electrons. The molecule has 0 radical (unpaired) electrons. The van der Waals surface area contributed by atoms with Crippen LogP contribution in [-0.2, 0) is 4.74 Å². The Morgan fingerprint density at radius 2 is 1.58 bits per heavy atom. The zero-order valence-corrected chi connectivity index (χ0v) is 17.4. The maximum Gasteiger partial charge on any atom is 0.342 e. The molecule has 0 aliphatic carbocycles. The van der Waals surface area contributed by atoms with Gasteiger partial charge >= 0.3 is 5.97 Å². The number of anilines is 1. The van der Waals surface area contributed by atoms with Gasteiger partial charge in [0.1, 0.15) is 17.0 Å². The molecule has 5 rings (SSSR count). The number of carbonyl (C=O) groups is 1. The number of nitrogens with two attached hydrogens (primary N) is 1. The molecular formula is C25H18ClN3O2. The summed E-state index contributed by atoms with van der Waals surface area (Å²) in [6.07, 6.45) is 0. The number of benzene rings is 3. The number of imidazole rings is 1. The van der Waals surface area contributed by atoms with Crippen molar-refractivity contribution < 1.29 is 9.53 Å². The maximum absolute atomic E-state index is 12.7. The van der Waals surface area contributed by atoms with Crippen molar-refractivity contribution in [1.29, 1.82) is 0 Å². The third kappa shape index (κ3) is 3.02. The maximum atomic E-state index is 12.7. The van der Waals surface area contributed by atoms with Gasteiger partial charge in [-0.25, -0.2) is 9.78 Å². The van der Waals surface area contributed by atoms with Crippen LogP contribution in [0.3, 0.4) is 0 Å².